The molecule has 3 heterocycles. The summed E-state index contributed by atoms with van der Waals surface area (Å²) in [5, 5.41) is 8.90. The summed E-state index contributed by atoms with van der Waals surface area (Å²) >= 11 is 1.50. The molecular formula is C19H21N7O3S. The molecule has 11 heteroatoms. The monoisotopic (exact) mass is 427 g/mol. The lowest BCUT2D eigenvalue weighted by Crippen LogP contribution is -2.39. The summed E-state index contributed by atoms with van der Waals surface area (Å²) < 4.78 is 11.6. The number of methoxy groups -OCH3 is 1. The first-order chi connectivity index (χ1) is 14.5. The molecule has 0 N–H and O–H groups in total. The molecule has 0 fully saturated rings. The Bertz CT molecular complexity index is 1320. The third-order valence-corrected chi connectivity index (χ3v) is 5.85. The van der Waals surface area contributed by atoms with E-state index < -0.39 is 0 Å². The number of fused-ring (bicyclic) bond motifs is 1. The van der Waals surface area contributed by atoms with Crippen LogP contribution in [-0.2, 0) is 20.6 Å². The van der Waals surface area contributed by atoms with Crippen LogP contribution >= 0.6 is 11.8 Å². The smallest absolute Gasteiger partial charge is 0.332 e. The minimum absolute atomic E-state index is 0.308. The van der Waals surface area contributed by atoms with Gasteiger partial charge in [-0.1, -0.05) is 23.9 Å². The summed E-state index contributed by atoms with van der Waals surface area (Å²) in [5.41, 5.74) is 0.964. The van der Waals surface area contributed by atoms with Crippen molar-refractivity contribution in [2.45, 2.75) is 18.1 Å². The molecule has 0 radical (unpaired) electrons. The van der Waals surface area contributed by atoms with Crippen molar-refractivity contribution in [2.24, 2.45) is 14.1 Å². The van der Waals surface area contributed by atoms with Gasteiger partial charge in [0.25, 0.3) is 5.56 Å². The van der Waals surface area contributed by atoms with Crippen LogP contribution in [0.15, 0.2) is 51.7 Å². The van der Waals surface area contributed by atoms with E-state index >= 15 is 0 Å². The number of hydrogen-bond donors (Lipinski definition) is 0. The zero-order valence-electron chi connectivity index (χ0n) is 16.8. The van der Waals surface area contributed by atoms with Gasteiger partial charge in [0.2, 0.25) is 0 Å². The van der Waals surface area contributed by atoms with Gasteiger partial charge in [0, 0.05) is 26.4 Å². The van der Waals surface area contributed by atoms with Crippen LogP contribution in [0.1, 0.15) is 6.42 Å². The minimum atomic E-state index is -0.367. The second-order valence-electron chi connectivity index (χ2n) is 6.68. The van der Waals surface area contributed by atoms with Crippen molar-refractivity contribution in [2.75, 3.05) is 12.9 Å². The van der Waals surface area contributed by atoms with Crippen molar-refractivity contribution in [3.05, 3.63) is 57.8 Å². The first kappa shape index (κ1) is 20.0. The number of nitrogens with zero attached hydrogens (tertiary/aromatic N) is 7. The van der Waals surface area contributed by atoms with Crippen LogP contribution < -0.4 is 16.0 Å². The molecule has 0 amide bonds. The van der Waals surface area contributed by atoms with Gasteiger partial charge in [-0.25, -0.2) is 9.78 Å². The van der Waals surface area contributed by atoms with Crippen molar-refractivity contribution in [3.63, 3.8) is 0 Å². The molecule has 4 aromatic rings. The minimum Gasteiger partial charge on any atom is -0.495 e. The highest BCUT2D eigenvalue weighted by Crippen LogP contribution is 2.26. The third kappa shape index (κ3) is 3.41. The highest BCUT2D eigenvalue weighted by Gasteiger charge is 2.15. The first-order valence-electron chi connectivity index (χ1n) is 9.30. The molecule has 30 heavy (non-hydrogen) atoms. The summed E-state index contributed by atoms with van der Waals surface area (Å²) in [6.07, 6.45) is 3.79. The number of aryl methyl sites for hydroxylation is 2. The molecule has 0 aliphatic heterocycles. The van der Waals surface area contributed by atoms with E-state index in [2.05, 4.69) is 15.2 Å². The standard InChI is InChI=1S/C19H21N7O3S/c1-23-11-20-16-15(23)17(27)25(19(28)24(16)2)9-6-10-30-18-22-21-12-26(18)13-7-4-5-8-14(13)29-3/h4-5,7-8,11-12H,6,9-10H2,1-3H3. The van der Waals surface area contributed by atoms with Crippen molar-refractivity contribution in [1.82, 2.24) is 33.4 Å². The maximum absolute atomic E-state index is 12.8. The van der Waals surface area contributed by atoms with Crippen LogP contribution in [0.25, 0.3) is 16.9 Å². The molecular weight excluding hydrogens is 406 g/mol. The summed E-state index contributed by atoms with van der Waals surface area (Å²) in [5.74, 6) is 1.38. The van der Waals surface area contributed by atoms with Gasteiger partial charge < -0.3 is 9.30 Å². The van der Waals surface area contributed by atoms with Gasteiger partial charge in [0.15, 0.2) is 16.3 Å². The summed E-state index contributed by atoms with van der Waals surface area (Å²) in [7, 11) is 4.98. The van der Waals surface area contributed by atoms with Gasteiger partial charge in [0.1, 0.15) is 12.1 Å². The summed E-state index contributed by atoms with van der Waals surface area (Å²) in [6, 6.07) is 7.62. The topological polar surface area (TPSA) is 102 Å². The van der Waals surface area contributed by atoms with Crippen LogP contribution in [0.2, 0.25) is 0 Å². The van der Waals surface area contributed by atoms with Crippen molar-refractivity contribution in [1.29, 1.82) is 0 Å². The van der Waals surface area contributed by atoms with Crippen LogP contribution in [-0.4, -0.2) is 46.3 Å². The molecule has 0 aliphatic rings. The Balaban J connectivity index is 1.50. The average molecular weight is 427 g/mol. The van der Waals surface area contributed by atoms with Gasteiger partial charge >= 0.3 is 5.69 Å². The van der Waals surface area contributed by atoms with E-state index in [9.17, 15) is 9.59 Å². The molecule has 0 saturated carbocycles. The molecule has 0 saturated heterocycles. The van der Waals surface area contributed by atoms with E-state index in [1.165, 1.54) is 27.2 Å². The molecule has 156 valence electrons. The number of hydrogen-bond acceptors (Lipinski definition) is 7. The van der Waals surface area contributed by atoms with Crippen molar-refractivity contribution in [3.8, 4) is 11.4 Å². The molecule has 0 unspecified atom stereocenters. The Kier molecular flexibility index (Phi) is 5.44. The van der Waals surface area contributed by atoms with Gasteiger partial charge in [-0.2, -0.15) is 0 Å². The quantitative estimate of drug-likeness (QED) is 0.323. The SMILES string of the molecule is COc1ccccc1-n1cnnc1SCCCn1c(=O)c2c(ncn2C)n(C)c1=O. The van der Waals surface area contributed by atoms with E-state index in [0.717, 1.165) is 11.4 Å². The number of para-hydroxylation sites is 2. The lowest BCUT2D eigenvalue weighted by molar-refractivity contribution is 0.412. The molecule has 0 atom stereocenters. The summed E-state index contributed by atoms with van der Waals surface area (Å²) in [4.78, 5) is 29.5. The van der Waals surface area contributed by atoms with E-state index in [4.69, 9.17) is 4.74 Å². The molecule has 0 spiro atoms. The van der Waals surface area contributed by atoms with Crippen molar-refractivity contribution < 1.29 is 4.74 Å². The maximum atomic E-state index is 12.8. The molecule has 1 aromatic carbocycles. The molecule has 0 aliphatic carbocycles. The second-order valence-corrected chi connectivity index (χ2v) is 7.75. The van der Waals surface area contributed by atoms with E-state index in [1.54, 1.807) is 32.1 Å². The van der Waals surface area contributed by atoms with Crippen molar-refractivity contribution >= 4 is 22.9 Å². The average Bonchev–Trinajstić information content (AvgIpc) is 3.38. The normalized spacial score (nSPS) is 11.3. The predicted molar refractivity (Wildman–Crippen MR) is 113 cm³/mol. The lowest BCUT2D eigenvalue weighted by Gasteiger charge is -2.11. The number of ether oxygens (including phenoxy) is 1. The highest BCUT2D eigenvalue weighted by atomic mass is 32.2. The van der Waals surface area contributed by atoms with Gasteiger partial charge in [0.05, 0.1) is 19.1 Å². The fraction of sp³-hybridized carbons (Fsp3) is 0.316. The molecule has 10 nitrogen and oxygen atoms in total. The Morgan fingerprint density at radius 3 is 2.73 bits per heavy atom. The number of imidazole rings is 1. The third-order valence-electron chi connectivity index (χ3n) is 4.82. The lowest BCUT2D eigenvalue weighted by atomic mass is 10.3. The first-order valence-corrected chi connectivity index (χ1v) is 10.3. The van der Waals surface area contributed by atoms with Gasteiger partial charge in [-0.05, 0) is 18.6 Å². The zero-order valence-corrected chi connectivity index (χ0v) is 17.7. The van der Waals surface area contributed by atoms with Gasteiger partial charge in [-0.15, -0.1) is 10.2 Å². The number of rotatable bonds is 7. The summed E-state index contributed by atoms with van der Waals surface area (Å²) in [6.45, 7) is 0.308. The molecule has 4 rings (SSSR count). The Hall–Kier alpha value is -3.34. The highest BCUT2D eigenvalue weighted by molar-refractivity contribution is 7.99. The Morgan fingerprint density at radius 1 is 1.13 bits per heavy atom. The Morgan fingerprint density at radius 2 is 1.93 bits per heavy atom. The largest absolute Gasteiger partial charge is 0.495 e. The zero-order chi connectivity index (χ0) is 21.3. The second kappa shape index (κ2) is 8.19. The van der Waals surface area contributed by atoms with Crippen LogP contribution in [0.5, 0.6) is 5.75 Å². The van der Waals surface area contributed by atoms with Crippen LogP contribution in [0.3, 0.4) is 0 Å². The van der Waals surface area contributed by atoms with E-state index in [-0.39, 0.29) is 11.2 Å². The van der Waals surface area contributed by atoms with Crippen LogP contribution in [0, 0.1) is 0 Å². The maximum Gasteiger partial charge on any atom is 0.332 e. The number of benzene rings is 1. The Labute approximate surface area is 175 Å². The van der Waals surface area contributed by atoms with Gasteiger partial charge in [-0.3, -0.25) is 18.5 Å². The molecule has 0 bridgehead atoms. The number of thioether (sulfide) groups is 1. The van der Waals surface area contributed by atoms with E-state index in [0.29, 0.717) is 35.0 Å². The van der Waals surface area contributed by atoms with Crippen LogP contribution in [0.4, 0.5) is 0 Å². The predicted octanol–water partition coefficient (Wildman–Crippen LogP) is 1.21. The molecule has 3 aromatic heterocycles. The fourth-order valence-electron chi connectivity index (χ4n) is 3.30. The van der Waals surface area contributed by atoms with E-state index in [1.807, 2.05) is 28.8 Å². The fourth-order valence-corrected chi connectivity index (χ4v) is 4.14. The number of aromatic nitrogens is 7.